The monoisotopic (exact) mass is 311 g/mol. The highest BCUT2D eigenvalue weighted by atomic mass is 32.2. The highest BCUT2D eigenvalue weighted by molar-refractivity contribution is 7.91. The zero-order valence-corrected chi connectivity index (χ0v) is 12.5. The summed E-state index contributed by atoms with van der Waals surface area (Å²) in [5.41, 5.74) is 0.350. The number of hydrogen-bond donors (Lipinski definition) is 1. The first-order chi connectivity index (χ1) is 9.43. The average Bonchev–Trinajstić information content (AvgIpc) is 2.86. The maximum absolute atomic E-state index is 12.2. The largest absolute Gasteiger partial charge is 0.496 e. The number of hydrogen-bond acceptors (Lipinski definition) is 5. The number of rotatable bonds is 4. The summed E-state index contributed by atoms with van der Waals surface area (Å²) in [4.78, 5) is 12.3. The van der Waals surface area contributed by atoms with Gasteiger partial charge in [-0.3, -0.25) is 4.79 Å². The van der Waals surface area contributed by atoms with Crippen LogP contribution in [0.1, 0.15) is 10.4 Å². The molecule has 7 heteroatoms. The van der Waals surface area contributed by atoms with E-state index in [9.17, 15) is 13.2 Å². The van der Waals surface area contributed by atoms with Gasteiger partial charge in [-0.05, 0) is 23.6 Å². The molecule has 0 bridgehead atoms. The fourth-order valence-corrected chi connectivity index (χ4v) is 3.75. The molecule has 0 spiro atoms. The highest BCUT2D eigenvalue weighted by Crippen LogP contribution is 2.29. The summed E-state index contributed by atoms with van der Waals surface area (Å²) in [5.74, 6) is 0.0252. The van der Waals surface area contributed by atoms with Crippen molar-refractivity contribution in [3.63, 3.8) is 0 Å². The Morgan fingerprint density at radius 2 is 1.95 bits per heavy atom. The van der Waals surface area contributed by atoms with E-state index in [0.717, 1.165) is 17.6 Å². The maximum Gasteiger partial charge on any atom is 0.260 e. The Balaban J connectivity index is 2.32. The number of para-hydroxylation sites is 1. The third-order valence-corrected chi connectivity index (χ3v) is 4.71. The second kappa shape index (κ2) is 5.64. The van der Waals surface area contributed by atoms with Gasteiger partial charge in [-0.1, -0.05) is 12.1 Å². The van der Waals surface area contributed by atoms with Gasteiger partial charge in [0.05, 0.1) is 12.7 Å². The second-order valence-electron chi connectivity index (χ2n) is 4.04. The van der Waals surface area contributed by atoms with Crippen LogP contribution in [0, 0.1) is 0 Å². The summed E-state index contributed by atoms with van der Waals surface area (Å²) in [7, 11) is -1.90. The van der Waals surface area contributed by atoms with Crippen molar-refractivity contribution in [2.24, 2.45) is 0 Å². The van der Waals surface area contributed by atoms with Crippen LogP contribution in [0.15, 0.2) is 40.6 Å². The molecule has 2 aromatic rings. The van der Waals surface area contributed by atoms with E-state index in [1.807, 2.05) is 0 Å². The van der Waals surface area contributed by atoms with Gasteiger partial charge < -0.3 is 10.1 Å². The number of carbonyl (C=O) groups excluding carboxylic acids is 1. The molecule has 0 aliphatic carbocycles. The number of carbonyl (C=O) groups is 1. The van der Waals surface area contributed by atoms with Crippen LogP contribution in [0.4, 0.5) is 5.00 Å². The molecule has 2 rings (SSSR count). The number of sulfone groups is 1. The van der Waals surface area contributed by atoms with Gasteiger partial charge in [-0.2, -0.15) is 0 Å². The molecule has 0 aliphatic heterocycles. The Kier molecular flexibility index (Phi) is 4.10. The van der Waals surface area contributed by atoms with Gasteiger partial charge in [0.1, 0.15) is 15.6 Å². The van der Waals surface area contributed by atoms with Gasteiger partial charge in [0.25, 0.3) is 5.91 Å². The molecule has 20 heavy (non-hydrogen) atoms. The van der Waals surface area contributed by atoms with Crippen LogP contribution in [0.3, 0.4) is 0 Å². The first-order valence-electron chi connectivity index (χ1n) is 5.65. The lowest BCUT2D eigenvalue weighted by atomic mass is 10.2. The molecule has 106 valence electrons. The molecule has 1 heterocycles. The van der Waals surface area contributed by atoms with Crippen molar-refractivity contribution in [3.05, 3.63) is 41.3 Å². The van der Waals surface area contributed by atoms with Crippen molar-refractivity contribution >= 4 is 32.1 Å². The van der Waals surface area contributed by atoms with Crippen molar-refractivity contribution in [2.75, 3.05) is 18.7 Å². The summed E-state index contributed by atoms with van der Waals surface area (Å²) >= 11 is 1.16. The number of methoxy groups -OCH3 is 1. The second-order valence-corrected chi connectivity index (χ2v) is 6.94. The van der Waals surface area contributed by atoms with Crippen LogP contribution < -0.4 is 10.1 Å². The number of anilines is 1. The van der Waals surface area contributed by atoms with Gasteiger partial charge in [-0.25, -0.2) is 8.42 Å². The lowest BCUT2D eigenvalue weighted by Gasteiger charge is -2.08. The summed E-state index contributed by atoms with van der Waals surface area (Å²) < 4.78 is 28.3. The number of nitrogens with one attached hydrogen (secondary N) is 1. The van der Waals surface area contributed by atoms with Crippen LogP contribution in [-0.4, -0.2) is 27.7 Å². The molecular formula is C13H13NO4S2. The average molecular weight is 311 g/mol. The Morgan fingerprint density at radius 3 is 2.60 bits per heavy atom. The molecular weight excluding hydrogens is 298 g/mol. The fourth-order valence-electron chi connectivity index (χ4n) is 1.68. The van der Waals surface area contributed by atoms with Crippen LogP contribution >= 0.6 is 11.3 Å². The van der Waals surface area contributed by atoms with Crippen molar-refractivity contribution in [3.8, 4) is 5.75 Å². The van der Waals surface area contributed by atoms with Crippen molar-refractivity contribution in [1.82, 2.24) is 0 Å². The Bertz CT molecular complexity index is 734. The molecule has 0 saturated carbocycles. The van der Waals surface area contributed by atoms with E-state index in [1.165, 1.54) is 13.2 Å². The van der Waals surface area contributed by atoms with Crippen LogP contribution in [0.25, 0.3) is 0 Å². The SMILES string of the molecule is COc1ccccc1C(=O)Nc1sccc1S(C)(=O)=O. The molecule has 0 unspecified atom stereocenters. The lowest BCUT2D eigenvalue weighted by Crippen LogP contribution is -2.14. The van der Waals surface area contributed by atoms with Crippen molar-refractivity contribution in [2.45, 2.75) is 4.90 Å². The topological polar surface area (TPSA) is 72.5 Å². The minimum Gasteiger partial charge on any atom is -0.496 e. The third-order valence-electron chi connectivity index (χ3n) is 2.61. The van der Waals surface area contributed by atoms with Crippen LogP contribution in [-0.2, 0) is 9.84 Å². The number of benzene rings is 1. The molecule has 0 fully saturated rings. The van der Waals surface area contributed by atoms with Gasteiger partial charge >= 0.3 is 0 Å². The Morgan fingerprint density at radius 1 is 1.25 bits per heavy atom. The predicted molar refractivity (Wildman–Crippen MR) is 78.4 cm³/mol. The molecule has 1 aromatic heterocycles. The zero-order chi connectivity index (χ0) is 14.8. The number of ether oxygens (including phenoxy) is 1. The van der Waals surface area contributed by atoms with E-state index < -0.39 is 15.7 Å². The van der Waals surface area contributed by atoms with Crippen molar-refractivity contribution in [1.29, 1.82) is 0 Å². The predicted octanol–water partition coefficient (Wildman–Crippen LogP) is 2.41. The summed E-state index contributed by atoms with van der Waals surface area (Å²) in [5, 5.41) is 4.54. The normalized spacial score (nSPS) is 11.1. The summed E-state index contributed by atoms with van der Waals surface area (Å²) in [6.45, 7) is 0. The molecule has 0 saturated heterocycles. The van der Waals surface area contributed by atoms with Gasteiger partial charge in [0, 0.05) is 6.26 Å². The van der Waals surface area contributed by atoms with E-state index in [1.54, 1.807) is 29.6 Å². The minimum absolute atomic E-state index is 0.116. The van der Waals surface area contributed by atoms with Crippen LogP contribution in [0.5, 0.6) is 5.75 Å². The highest BCUT2D eigenvalue weighted by Gasteiger charge is 2.18. The molecule has 1 N–H and O–H groups in total. The summed E-state index contributed by atoms with van der Waals surface area (Å²) in [6.07, 6.45) is 1.10. The molecule has 1 amide bonds. The first-order valence-corrected chi connectivity index (χ1v) is 8.42. The van der Waals surface area contributed by atoms with Gasteiger partial charge in [0.2, 0.25) is 0 Å². The fraction of sp³-hybridized carbons (Fsp3) is 0.154. The van der Waals surface area contributed by atoms with E-state index in [2.05, 4.69) is 5.32 Å². The summed E-state index contributed by atoms with van der Waals surface area (Å²) in [6, 6.07) is 8.21. The minimum atomic E-state index is -3.37. The van der Waals surface area contributed by atoms with Gasteiger partial charge in [-0.15, -0.1) is 11.3 Å². The molecule has 5 nitrogen and oxygen atoms in total. The Labute approximate surface area is 121 Å². The number of amides is 1. The van der Waals surface area contributed by atoms with E-state index in [0.29, 0.717) is 16.3 Å². The van der Waals surface area contributed by atoms with Crippen molar-refractivity contribution < 1.29 is 17.9 Å². The zero-order valence-electron chi connectivity index (χ0n) is 10.9. The molecule has 0 radical (unpaired) electrons. The molecule has 1 aromatic carbocycles. The smallest absolute Gasteiger partial charge is 0.260 e. The number of thiophene rings is 1. The van der Waals surface area contributed by atoms with Gasteiger partial charge in [0.15, 0.2) is 9.84 Å². The molecule has 0 atom stereocenters. The maximum atomic E-state index is 12.2. The quantitative estimate of drug-likeness (QED) is 0.941. The Hall–Kier alpha value is -1.86. The standard InChI is InChI=1S/C13H13NO4S2/c1-18-10-6-4-3-5-9(10)12(15)14-13-11(7-8-19-13)20(2,16)17/h3-8H,1-2H3,(H,14,15). The van der Waals surface area contributed by atoms with E-state index >= 15 is 0 Å². The van der Waals surface area contributed by atoms with E-state index in [-0.39, 0.29) is 4.90 Å². The van der Waals surface area contributed by atoms with E-state index in [4.69, 9.17) is 4.74 Å². The first kappa shape index (κ1) is 14.5. The lowest BCUT2D eigenvalue weighted by molar-refractivity contribution is 0.102. The van der Waals surface area contributed by atoms with Crippen LogP contribution in [0.2, 0.25) is 0 Å². The molecule has 0 aliphatic rings. The third kappa shape index (κ3) is 3.00.